The third-order valence-corrected chi connectivity index (χ3v) is 4.44. The van der Waals surface area contributed by atoms with Crippen LogP contribution in [0.3, 0.4) is 0 Å². The SMILES string of the molecule is C[C@H](C(=O)O)S(=O)(=O)C[C@@H]1CCCO1. The summed E-state index contributed by atoms with van der Waals surface area (Å²) in [6, 6.07) is 0. The minimum atomic E-state index is -3.57. The average molecular weight is 222 g/mol. The zero-order valence-corrected chi connectivity index (χ0v) is 8.79. The second-order valence-corrected chi connectivity index (χ2v) is 5.81. The summed E-state index contributed by atoms with van der Waals surface area (Å²) in [5.41, 5.74) is 0. The van der Waals surface area contributed by atoms with Crippen LogP contribution < -0.4 is 0 Å². The first-order valence-corrected chi connectivity index (χ1v) is 6.21. The standard InChI is InChI=1S/C8H14O5S/c1-6(8(9)10)14(11,12)5-7-3-2-4-13-7/h6-7H,2-5H2,1H3,(H,9,10)/t6-,7+/m1/s1. The summed E-state index contributed by atoms with van der Waals surface area (Å²) in [6.45, 7) is 1.76. The molecule has 1 aliphatic rings. The lowest BCUT2D eigenvalue weighted by Gasteiger charge is -2.12. The molecule has 82 valence electrons. The third kappa shape index (κ3) is 2.68. The Morgan fingerprint density at radius 1 is 1.64 bits per heavy atom. The summed E-state index contributed by atoms with van der Waals surface area (Å²) in [7, 11) is -3.57. The van der Waals surface area contributed by atoms with E-state index in [0.717, 1.165) is 6.42 Å². The smallest absolute Gasteiger partial charge is 0.321 e. The molecule has 0 bridgehead atoms. The highest BCUT2D eigenvalue weighted by atomic mass is 32.2. The minimum Gasteiger partial charge on any atom is -0.480 e. The lowest BCUT2D eigenvalue weighted by molar-refractivity contribution is -0.136. The summed E-state index contributed by atoms with van der Waals surface area (Å²) in [4.78, 5) is 10.5. The van der Waals surface area contributed by atoms with Crippen molar-refractivity contribution < 1.29 is 23.1 Å². The van der Waals surface area contributed by atoms with Gasteiger partial charge in [0.25, 0.3) is 0 Å². The molecule has 5 nitrogen and oxygen atoms in total. The van der Waals surface area contributed by atoms with E-state index in [2.05, 4.69) is 0 Å². The van der Waals surface area contributed by atoms with Crippen molar-refractivity contribution in [2.45, 2.75) is 31.1 Å². The van der Waals surface area contributed by atoms with Gasteiger partial charge < -0.3 is 9.84 Å². The summed E-state index contributed by atoms with van der Waals surface area (Å²) < 4.78 is 28.1. The van der Waals surface area contributed by atoms with Crippen LogP contribution in [0, 0.1) is 0 Å². The first kappa shape index (κ1) is 11.5. The van der Waals surface area contributed by atoms with Crippen molar-refractivity contribution in [3.63, 3.8) is 0 Å². The van der Waals surface area contributed by atoms with E-state index in [1.807, 2.05) is 0 Å². The van der Waals surface area contributed by atoms with Crippen molar-refractivity contribution in [2.24, 2.45) is 0 Å². The van der Waals surface area contributed by atoms with E-state index in [4.69, 9.17) is 9.84 Å². The van der Waals surface area contributed by atoms with Gasteiger partial charge in [0.05, 0.1) is 11.9 Å². The molecular formula is C8H14O5S. The number of sulfone groups is 1. The summed E-state index contributed by atoms with van der Waals surface area (Å²) in [5.74, 6) is -1.48. The zero-order chi connectivity index (χ0) is 10.8. The lowest BCUT2D eigenvalue weighted by atomic mass is 10.3. The fraction of sp³-hybridized carbons (Fsp3) is 0.875. The molecule has 14 heavy (non-hydrogen) atoms. The van der Waals surface area contributed by atoms with Crippen LogP contribution in [0.1, 0.15) is 19.8 Å². The maximum absolute atomic E-state index is 11.5. The second-order valence-electron chi connectivity index (χ2n) is 3.45. The maximum Gasteiger partial charge on any atom is 0.321 e. The van der Waals surface area contributed by atoms with Crippen LogP contribution in [-0.2, 0) is 19.4 Å². The number of carboxylic acid groups (broad SMARTS) is 1. The van der Waals surface area contributed by atoms with Crippen molar-refractivity contribution >= 4 is 15.8 Å². The molecule has 1 fully saturated rings. The van der Waals surface area contributed by atoms with E-state index in [1.165, 1.54) is 6.92 Å². The van der Waals surface area contributed by atoms with Crippen molar-refractivity contribution in [3.05, 3.63) is 0 Å². The van der Waals surface area contributed by atoms with Crippen molar-refractivity contribution in [1.82, 2.24) is 0 Å². The van der Waals surface area contributed by atoms with Crippen molar-refractivity contribution in [2.75, 3.05) is 12.4 Å². The summed E-state index contributed by atoms with van der Waals surface area (Å²) in [5, 5.41) is 7.23. The molecule has 1 saturated heterocycles. The first-order valence-electron chi connectivity index (χ1n) is 4.49. The Morgan fingerprint density at radius 3 is 2.71 bits per heavy atom. The van der Waals surface area contributed by atoms with Gasteiger partial charge >= 0.3 is 5.97 Å². The maximum atomic E-state index is 11.5. The van der Waals surface area contributed by atoms with Gasteiger partial charge in [-0.3, -0.25) is 4.79 Å². The second kappa shape index (κ2) is 4.27. The van der Waals surface area contributed by atoms with Gasteiger partial charge in [-0.05, 0) is 19.8 Å². The van der Waals surface area contributed by atoms with Crippen LogP contribution in [-0.4, -0.2) is 43.2 Å². The fourth-order valence-corrected chi connectivity index (χ4v) is 2.71. The highest BCUT2D eigenvalue weighted by Gasteiger charge is 2.31. The molecule has 0 aromatic heterocycles. The van der Waals surface area contributed by atoms with Crippen LogP contribution in [0.25, 0.3) is 0 Å². The molecular weight excluding hydrogens is 208 g/mol. The molecule has 0 aromatic rings. The molecule has 1 aliphatic heterocycles. The lowest BCUT2D eigenvalue weighted by Crippen LogP contribution is -2.33. The Bertz CT molecular complexity index is 302. The third-order valence-electron chi connectivity index (χ3n) is 2.33. The average Bonchev–Trinajstić information content (AvgIpc) is 2.54. The molecule has 0 aliphatic carbocycles. The Hall–Kier alpha value is -0.620. The highest BCUT2D eigenvalue weighted by Crippen LogP contribution is 2.16. The summed E-state index contributed by atoms with van der Waals surface area (Å²) >= 11 is 0. The topological polar surface area (TPSA) is 80.7 Å². The van der Waals surface area contributed by atoms with Gasteiger partial charge in [-0.1, -0.05) is 0 Å². The monoisotopic (exact) mass is 222 g/mol. The van der Waals surface area contributed by atoms with Crippen LogP contribution in [0.4, 0.5) is 0 Å². The van der Waals surface area contributed by atoms with E-state index in [-0.39, 0.29) is 11.9 Å². The predicted molar refractivity (Wildman–Crippen MR) is 49.9 cm³/mol. The number of hydrogen-bond acceptors (Lipinski definition) is 4. The van der Waals surface area contributed by atoms with Gasteiger partial charge in [-0.25, -0.2) is 8.42 Å². The largest absolute Gasteiger partial charge is 0.480 e. The highest BCUT2D eigenvalue weighted by molar-refractivity contribution is 7.92. The fourth-order valence-electron chi connectivity index (χ4n) is 1.33. The number of ether oxygens (including phenoxy) is 1. The van der Waals surface area contributed by atoms with Crippen LogP contribution in [0.5, 0.6) is 0 Å². The molecule has 1 N–H and O–H groups in total. The van der Waals surface area contributed by atoms with Crippen molar-refractivity contribution in [3.8, 4) is 0 Å². The summed E-state index contributed by atoms with van der Waals surface area (Å²) in [6.07, 6.45) is 1.23. The minimum absolute atomic E-state index is 0.180. The molecule has 0 spiro atoms. The van der Waals surface area contributed by atoms with E-state index in [0.29, 0.717) is 13.0 Å². The molecule has 2 atom stereocenters. The van der Waals surface area contributed by atoms with E-state index >= 15 is 0 Å². The molecule has 0 radical (unpaired) electrons. The van der Waals surface area contributed by atoms with Crippen LogP contribution in [0.2, 0.25) is 0 Å². The molecule has 0 amide bonds. The normalized spacial score (nSPS) is 24.8. The van der Waals surface area contributed by atoms with Gasteiger partial charge in [-0.2, -0.15) is 0 Å². The zero-order valence-electron chi connectivity index (χ0n) is 7.97. The number of hydrogen-bond donors (Lipinski definition) is 1. The molecule has 1 heterocycles. The van der Waals surface area contributed by atoms with Gasteiger partial charge in [0.15, 0.2) is 15.1 Å². The van der Waals surface area contributed by atoms with Gasteiger partial charge in [0, 0.05) is 6.61 Å². The van der Waals surface area contributed by atoms with Crippen LogP contribution >= 0.6 is 0 Å². The Morgan fingerprint density at radius 2 is 2.29 bits per heavy atom. The van der Waals surface area contributed by atoms with E-state index in [9.17, 15) is 13.2 Å². The Balaban J connectivity index is 2.61. The van der Waals surface area contributed by atoms with Gasteiger partial charge in [0.2, 0.25) is 0 Å². The molecule has 0 aromatic carbocycles. The molecule has 0 unspecified atom stereocenters. The first-order chi connectivity index (χ1) is 6.43. The molecule has 6 heteroatoms. The van der Waals surface area contributed by atoms with Gasteiger partial charge in [-0.15, -0.1) is 0 Å². The Labute approximate surface area is 83.0 Å². The predicted octanol–water partition coefficient (Wildman–Crippen LogP) is 0.0533. The van der Waals surface area contributed by atoms with Gasteiger partial charge in [0.1, 0.15) is 0 Å². The van der Waals surface area contributed by atoms with E-state index in [1.54, 1.807) is 0 Å². The van der Waals surface area contributed by atoms with Crippen LogP contribution in [0.15, 0.2) is 0 Å². The van der Waals surface area contributed by atoms with E-state index < -0.39 is 21.1 Å². The Kier molecular flexibility index (Phi) is 3.49. The number of carboxylic acids is 1. The molecule has 0 saturated carbocycles. The number of aliphatic carboxylic acids is 1. The number of carbonyl (C=O) groups is 1. The van der Waals surface area contributed by atoms with Crippen molar-refractivity contribution in [1.29, 1.82) is 0 Å². The number of rotatable bonds is 4. The quantitative estimate of drug-likeness (QED) is 0.727. The molecule has 1 rings (SSSR count).